The van der Waals surface area contributed by atoms with Gasteiger partial charge in [0.05, 0.1) is 4.86 Å². The van der Waals surface area contributed by atoms with Crippen LogP contribution in [0.1, 0.15) is 0 Å². The molecular weight excluding hydrogens is 120 g/mol. The predicted molar refractivity (Wildman–Crippen MR) is 35.6 cm³/mol. The highest BCUT2D eigenvalue weighted by atomic mass is 32.1. The molecule has 1 radical (unpaired) electrons. The van der Waals surface area contributed by atoms with Crippen LogP contribution in [0.4, 0.5) is 0 Å². The van der Waals surface area contributed by atoms with Gasteiger partial charge in [0.1, 0.15) is 6.10 Å². The SMILES string of the molecule is OC1C=CC=[C]C1=S. The largest absolute Gasteiger partial charge is 0.383 e. The van der Waals surface area contributed by atoms with Gasteiger partial charge in [-0.1, -0.05) is 30.4 Å². The van der Waals surface area contributed by atoms with Gasteiger partial charge >= 0.3 is 0 Å². The third-order valence-corrected chi connectivity index (χ3v) is 1.24. The Morgan fingerprint density at radius 2 is 2.50 bits per heavy atom. The van der Waals surface area contributed by atoms with Crippen molar-refractivity contribution in [2.75, 3.05) is 0 Å². The lowest BCUT2D eigenvalue weighted by molar-refractivity contribution is 0.291. The third-order valence-electron chi connectivity index (χ3n) is 0.884. The van der Waals surface area contributed by atoms with Gasteiger partial charge in [0.2, 0.25) is 0 Å². The minimum atomic E-state index is -0.588. The monoisotopic (exact) mass is 125 g/mol. The van der Waals surface area contributed by atoms with E-state index in [2.05, 4.69) is 18.3 Å². The number of thiocarbonyl (C=S) groups is 1. The molecule has 0 amide bonds. The van der Waals surface area contributed by atoms with Gasteiger partial charge in [0, 0.05) is 0 Å². The Morgan fingerprint density at radius 3 is 2.88 bits per heavy atom. The Balaban J connectivity index is 2.74. The molecule has 0 aromatic rings. The molecule has 1 N–H and O–H groups in total. The van der Waals surface area contributed by atoms with E-state index in [1.165, 1.54) is 0 Å². The van der Waals surface area contributed by atoms with E-state index in [1.54, 1.807) is 18.2 Å². The Morgan fingerprint density at radius 1 is 1.75 bits per heavy atom. The summed E-state index contributed by atoms with van der Waals surface area (Å²) >= 11 is 4.68. The molecule has 1 aliphatic rings. The molecule has 0 aromatic heterocycles. The molecule has 1 unspecified atom stereocenters. The first-order valence-electron chi connectivity index (χ1n) is 2.29. The van der Waals surface area contributed by atoms with Crippen molar-refractivity contribution in [1.82, 2.24) is 0 Å². The normalized spacial score (nSPS) is 26.6. The number of aliphatic hydroxyl groups excluding tert-OH is 1. The molecule has 1 atom stereocenters. The topological polar surface area (TPSA) is 20.2 Å². The minimum Gasteiger partial charge on any atom is -0.383 e. The zero-order valence-electron chi connectivity index (χ0n) is 4.16. The van der Waals surface area contributed by atoms with Crippen LogP contribution < -0.4 is 0 Å². The fourth-order valence-electron chi connectivity index (χ4n) is 0.464. The first-order valence-corrected chi connectivity index (χ1v) is 2.70. The lowest BCUT2D eigenvalue weighted by Gasteiger charge is -2.03. The van der Waals surface area contributed by atoms with Crippen LogP contribution in [0.2, 0.25) is 0 Å². The maximum Gasteiger partial charge on any atom is 0.108 e. The second-order valence-corrected chi connectivity index (χ2v) is 1.94. The lowest BCUT2D eigenvalue weighted by Crippen LogP contribution is -2.14. The van der Waals surface area contributed by atoms with Crippen LogP contribution >= 0.6 is 12.2 Å². The first-order chi connectivity index (χ1) is 3.80. The molecule has 1 aliphatic carbocycles. The molecule has 41 valence electrons. The summed E-state index contributed by atoms with van der Waals surface area (Å²) in [6.45, 7) is 0. The van der Waals surface area contributed by atoms with Crippen LogP contribution in [-0.2, 0) is 0 Å². The summed E-state index contributed by atoms with van der Waals surface area (Å²) < 4.78 is 0. The van der Waals surface area contributed by atoms with E-state index < -0.39 is 6.10 Å². The van der Waals surface area contributed by atoms with E-state index in [0.29, 0.717) is 4.86 Å². The van der Waals surface area contributed by atoms with Crippen molar-refractivity contribution in [3.8, 4) is 0 Å². The summed E-state index contributed by atoms with van der Waals surface area (Å²) in [5.41, 5.74) is 0. The van der Waals surface area contributed by atoms with Gasteiger partial charge in [0.25, 0.3) is 0 Å². The van der Waals surface area contributed by atoms with Crippen molar-refractivity contribution < 1.29 is 5.11 Å². The average molecular weight is 125 g/mol. The summed E-state index contributed by atoms with van der Waals surface area (Å²) in [5.74, 6) is 0. The van der Waals surface area contributed by atoms with Crippen molar-refractivity contribution in [3.63, 3.8) is 0 Å². The first kappa shape index (κ1) is 5.66. The molecule has 0 aliphatic heterocycles. The molecule has 0 saturated heterocycles. The van der Waals surface area contributed by atoms with Gasteiger partial charge in [-0.3, -0.25) is 0 Å². The average Bonchev–Trinajstić information content (AvgIpc) is 1.77. The molecule has 0 fully saturated rings. The van der Waals surface area contributed by atoms with E-state index in [9.17, 15) is 0 Å². The van der Waals surface area contributed by atoms with Crippen LogP contribution in [-0.4, -0.2) is 16.1 Å². The summed E-state index contributed by atoms with van der Waals surface area (Å²) in [6, 6.07) is 0. The Bertz CT molecular complexity index is 158. The van der Waals surface area contributed by atoms with Gasteiger partial charge in [0.15, 0.2) is 0 Å². The summed E-state index contributed by atoms with van der Waals surface area (Å²) in [4.78, 5) is 0.465. The fourth-order valence-corrected chi connectivity index (χ4v) is 0.610. The molecule has 0 aromatic carbocycles. The van der Waals surface area contributed by atoms with Gasteiger partial charge in [-0.2, -0.15) is 0 Å². The maximum absolute atomic E-state index is 8.87. The molecule has 2 heteroatoms. The van der Waals surface area contributed by atoms with Crippen molar-refractivity contribution in [3.05, 3.63) is 24.3 Å². The van der Waals surface area contributed by atoms with Crippen molar-refractivity contribution in [2.24, 2.45) is 0 Å². The summed E-state index contributed by atoms with van der Waals surface area (Å²) in [7, 11) is 0. The molecule has 1 rings (SSSR count). The van der Waals surface area contributed by atoms with Crippen LogP contribution in [0.5, 0.6) is 0 Å². The summed E-state index contributed by atoms with van der Waals surface area (Å²) in [5, 5.41) is 8.87. The minimum absolute atomic E-state index is 0.465. The predicted octanol–water partition coefficient (Wildman–Crippen LogP) is 0.646. The number of hydrogen-bond acceptors (Lipinski definition) is 2. The van der Waals surface area contributed by atoms with E-state index >= 15 is 0 Å². The van der Waals surface area contributed by atoms with Crippen LogP contribution in [0, 0.1) is 6.08 Å². The van der Waals surface area contributed by atoms with E-state index in [4.69, 9.17) is 5.11 Å². The lowest BCUT2D eigenvalue weighted by atomic mass is 10.1. The second kappa shape index (κ2) is 2.20. The van der Waals surface area contributed by atoms with E-state index in [0.717, 1.165) is 0 Å². The Kier molecular flexibility index (Phi) is 1.56. The number of allylic oxidation sites excluding steroid dienone is 2. The van der Waals surface area contributed by atoms with Crippen molar-refractivity contribution in [1.29, 1.82) is 0 Å². The van der Waals surface area contributed by atoms with Gasteiger partial charge in [-0.15, -0.1) is 0 Å². The molecule has 0 bridgehead atoms. The van der Waals surface area contributed by atoms with Gasteiger partial charge in [-0.05, 0) is 6.08 Å². The molecule has 8 heavy (non-hydrogen) atoms. The smallest absolute Gasteiger partial charge is 0.108 e. The van der Waals surface area contributed by atoms with Gasteiger partial charge < -0.3 is 5.11 Å². The number of hydrogen-bond donors (Lipinski definition) is 1. The van der Waals surface area contributed by atoms with Crippen LogP contribution in [0.3, 0.4) is 0 Å². The highest BCUT2D eigenvalue weighted by Crippen LogP contribution is 1.98. The highest BCUT2D eigenvalue weighted by molar-refractivity contribution is 7.80. The fraction of sp³-hybridized carbons (Fsp3) is 0.167. The maximum atomic E-state index is 8.87. The molecule has 0 heterocycles. The molecule has 0 spiro atoms. The Hall–Kier alpha value is -0.470. The molecule has 0 saturated carbocycles. The van der Waals surface area contributed by atoms with Crippen LogP contribution in [0.15, 0.2) is 18.2 Å². The standard InChI is InChI=1S/C6H5OS/c7-5-3-1-2-4-6(5)8/h1-3,5,7H. The number of aliphatic hydroxyl groups is 1. The number of rotatable bonds is 0. The molecule has 1 nitrogen and oxygen atoms in total. The molecular formula is C6H5OS. The zero-order valence-corrected chi connectivity index (χ0v) is 4.98. The van der Waals surface area contributed by atoms with E-state index in [-0.39, 0.29) is 0 Å². The van der Waals surface area contributed by atoms with Crippen LogP contribution in [0.25, 0.3) is 0 Å². The third kappa shape index (κ3) is 1.02. The zero-order chi connectivity index (χ0) is 5.98. The van der Waals surface area contributed by atoms with Crippen molar-refractivity contribution >= 4 is 17.1 Å². The highest BCUT2D eigenvalue weighted by Gasteiger charge is 2.04. The van der Waals surface area contributed by atoms with E-state index in [1.807, 2.05) is 0 Å². The van der Waals surface area contributed by atoms with Gasteiger partial charge in [-0.25, -0.2) is 0 Å². The van der Waals surface area contributed by atoms with Crippen molar-refractivity contribution in [2.45, 2.75) is 6.10 Å². The quantitative estimate of drug-likeness (QED) is 0.479. The second-order valence-electron chi connectivity index (χ2n) is 1.50. The summed E-state index contributed by atoms with van der Waals surface area (Å²) in [6.07, 6.45) is 7.15. The Labute approximate surface area is 53.3 Å².